The quantitative estimate of drug-likeness (QED) is 0.926. The van der Waals surface area contributed by atoms with Crippen LogP contribution in [-0.4, -0.2) is 41.8 Å². The summed E-state index contributed by atoms with van der Waals surface area (Å²) in [4.78, 5) is 14.3. The van der Waals surface area contributed by atoms with Gasteiger partial charge in [0.1, 0.15) is 5.75 Å². The zero-order chi connectivity index (χ0) is 15.4. The first-order valence-electron chi connectivity index (χ1n) is 8.06. The van der Waals surface area contributed by atoms with Crippen molar-refractivity contribution in [2.45, 2.75) is 38.2 Å². The lowest BCUT2D eigenvalue weighted by molar-refractivity contribution is -0.116. The van der Waals surface area contributed by atoms with E-state index in [-0.39, 0.29) is 11.7 Å². The Morgan fingerprint density at radius 1 is 1.36 bits per heavy atom. The summed E-state index contributed by atoms with van der Waals surface area (Å²) in [6, 6.07) is 5.50. The van der Waals surface area contributed by atoms with Gasteiger partial charge in [0.15, 0.2) is 0 Å². The van der Waals surface area contributed by atoms with Crippen LogP contribution >= 0.6 is 11.8 Å². The predicted octanol–water partition coefficient (Wildman–Crippen LogP) is 2.97. The summed E-state index contributed by atoms with van der Waals surface area (Å²) in [6.07, 6.45) is 5.67. The Morgan fingerprint density at radius 2 is 2.27 bits per heavy atom. The zero-order valence-electron chi connectivity index (χ0n) is 12.8. The van der Waals surface area contributed by atoms with Gasteiger partial charge < -0.3 is 14.7 Å². The van der Waals surface area contributed by atoms with Gasteiger partial charge >= 0.3 is 0 Å². The average Bonchev–Trinajstić information content (AvgIpc) is 2.55. The summed E-state index contributed by atoms with van der Waals surface area (Å²) >= 11 is 1.64. The molecule has 0 aliphatic carbocycles. The van der Waals surface area contributed by atoms with E-state index in [1.165, 1.54) is 6.42 Å². The van der Waals surface area contributed by atoms with Gasteiger partial charge in [-0.2, -0.15) is 0 Å². The first kappa shape index (κ1) is 15.7. The molecule has 2 heterocycles. The molecule has 22 heavy (non-hydrogen) atoms. The molecule has 1 atom stereocenters. The van der Waals surface area contributed by atoms with E-state index in [2.05, 4.69) is 0 Å². The number of benzene rings is 1. The molecule has 1 N–H and O–H groups in total. The molecule has 120 valence electrons. The van der Waals surface area contributed by atoms with Crippen LogP contribution in [0.1, 0.15) is 31.2 Å². The van der Waals surface area contributed by atoms with Gasteiger partial charge in [0.25, 0.3) is 0 Å². The van der Waals surface area contributed by atoms with Crippen LogP contribution in [0.2, 0.25) is 0 Å². The SMILES string of the molecule is O=C(CSCC1CCCCO1)N1CCCc2cccc(O)c21. The van der Waals surface area contributed by atoms with Crippen LogP contribution in [0.3, 0.4) is 0 Å². The van der Waals surface area contributed by atoms with E-state index >= 15 is 0 Å². The highest BCUT2D eigenvalue weighted by molar-refractivity contribution is 8.00. The fourth-order valence-electron chi connectivity index (χ4n) is 3.17. The van der Waals surface area contributed by atoms with Crippen molar-refractivity contribution in [2.24, 2.45) is 0 Å². The second-order valence-corrected chi connectivity index (χ2v) is 6.97. The summed E-state index contributed by atoms with van der Waals surface area (Å²) in [5.41, 5.74) is 1.79. The number of amides is 1. The lowest BCUT2D eigenvalue weighted by atomic mass is 10.0. The number of ether oxygens (including phenoxy) is 1. The van der Waals surface area contributed by atoms with E-state index in [9.17, 15) is 9.90 Å². The standard InChI is InChI=1S/C17H23NO3S/c19-15-8-3-5-13-6-4-9-18(17(13)15)16(20)12-22-11-14-7-1-2-10-21-14/h3,5,8,14,19H,1-2,4,6-7,9-12H2. The van der Waals surface area contributed by atoms with Crippen LogP contribution in [0.4, 0.5) is 5.69 Å². The van der Waals surface area contributed by atoms with Crippen molar-refractivity contribution in [1.82, 2.24) is 0 Å². The number of phenolic OH excluding ortho intramolecular Hbond substituents is 1. The van der Waals surface area contributed by atoms with Crippen LogP contribution in [0.5, 0.6) is 5.75 Å². The van der Waals surface area contributed by atoms with Crippen LogP contribution in [0.15, 0.2) is 18.2 Å². The fourth-order valence-corrected chi connectivity index (χ4v) is 4.15. The number of carbonyl (C=O) groups is 1. The Balaban J connectivity index is 1.57. The van der Waals surface area contributed by atoms with Gasteiger partial charge in [-0.3, -0.25) is 4.79 Å². The molecule has 0 bridgehead atoms. The molecular formula is C17H23NO3S. The summed E-state index contributed by atoms with van der Waals surface area (Å²) in [5, 5.41) is 10.1. The van der Waals surface area contributed by atoms with Crippen molar-refractivity contribution in [3.63, 3.8) is 0 Å². The molecule has 1 amide bonds. The van der Waals surface area contributed by atoms with Crippen LogP contribution in [0, 0.1) is 0 Å². The van der Waals surface area contributed by atoms with Crippen molar-refractivity contribution >= 4 is 23.4 Å². The lowest BCUT2D eigenvalue weighted by Gasteiger charge is -2.30. The first-order chi connectivity index (χ1) is 10.8. The minimum atomic E-state index is 0.0864. The summed E-state index contributed by atoms with van der Waals surface area (Å²) in [7, 11) is 0. The molecule has 2 aliphatic rings. The molecule has 1 saturated heterocycles. The number of hydrogen-bond acceptors (Lipinski definition) is 4. The number of fused-ring (bicyclic) bond motifs is 1. The third-order valence-corrected chi connectivity index (χ3v) is 5.36. The number of para-hydroxylation sites is 1. The molecule has 1 fully saturated rings. The first-order valence-corrected chi connectivity index (χ1v) is 9.22. The van der Waals surface area contributed by atoms with Crippen molar-refractivity contribution in [2.75, 3.05) is 29.6 Å². The number of thioether (sulfide) groups is 1. The number of rotatable bonds is 4. The maximum atomic E-state index is 12.5. The van der Waals surface area contributed by atoms with Gasteiger partial charge in [0, 0.05) is 18.9 Å². The van der Waals surface area contributed by atoms with Gasteiger partial charge in [-0.25, -0.2) is 0 Å². The van der Waals surface area contributed by atoms with Crippen LogP contribution < -0.4 is 4.90 Å². The second-order valence-electron chi connectivity index (χ2n) is 5.94. The Hall–Kier alpha value is -1.20. The van der Waals surface area contributed by atoms with Gasteiger partial charge in [-0.15, -0.1) is 11.8 Å². The summed E-state index contributed by atoms with van der Waals surface area (Å²) < 4.78 is 5.69. The topological polar surface area (TPSA) is 49.8 Å². The van der Waals surface area contributed by atoms with E-state index in [0.717, 1.165) is 43.6 Å². The molecular weight excluding hydrogens is 298 g/mol. The van der Waals surface area contributed by atoms with Crippen molar-refractivity contribution < 1.29 is 14.6 Å². The number of aryl methyl sites for hydroxylation is 1. The van der Waals surface area contributed by atoms with E-state index in [0.29, 0.717) is 24.1 Å². The molecule has 5 heteroatoms. The van der Waals surface area contributed by atoms with E-state index < -0.39 is 0 Å². The highest BCUT2D eigenvalue weighted by Crippen LogP contribution is 2.35. The molecule has 0 saturated carbocycles. The largest absolute Gasteiger partial charge is 0.506 e. The molecule has 1 aromatic carbocycles. The third-order valence-electron chi connectivity index (χ3n) is 4.30. The Kier molecular flexibility index (Phi) is 5.26. The number of phenols is 1. The molecule has 0 spiro atoms. The van der Waals surface area contributed by atoms with Crippen LogP contribution in [0.25, 0.3) is 0 Å². The normalized spacial score (nSPS) is 21.5. The molecule has 0 radical (unpaired) electrons. The number of carbonyl (C=O) groups excluding carboxylic acids is 1. The molecule has 1 unspecified atom stereocenters. The highest BCUT2D eigenvalue weighted by atomic mass is 32.2. The van der Waals surface area contributed by atoms with Crippen LogP contribution in [-0.2, 0) is 16.0 Å². The average molecular weight is 321 g/mol. The Bertz CT molecular complexity index is 529. The minimum Gasteiger partial charge on any atom is -0.506 e. The highest BCUT2D eigenvalue weighted by Gasteiger charge is 2.25. The lowest BCUT2D eigenvalue weighted by Crippen LogP contribution is -2.37. The number of anilines is 1. The maximum absolute atomic E-state index is 12.5. The smallest absolute Gasteiger partial charge is 0.237 e. The molecule has 1 aromatic rings. The molecule has 3 rings (SSSR count). The van der Waals surface area contributed by atoms with E-state index in [1.807, 2.05) is 12.1 Å². The Morgan fingerprint density at radius 3 is 3.09 bits per heavy atom. The minimum absolute atomic E-state index is 0.0864. The monoisotopic (exact) mass is 321 g/mol. The second kappa shape index (κ2) is 7.38. The number of nitrogens with zero attached hydrogens (tertiary/aromatic N) is 1. The molecule has 2 aliphatic heterocycles. The zero-order valence-corrected chi connectivity index (χ0v) is 13.6. The maximum Gasteiger partial charge on any atom is 0.237 e. The van der Waals surface area contributed by atoms with E-state index in [4.69, 9.17) is 4.74 Å². The van der Waals surface area contributed by atoms with Gasteiger partial charge in [-0.05, 0) is 43.7 Å². The van der Waals surface area contributed by atoms with Gasteiger partial charge in [0.05, 0.1) is 17.5 Å². The van der Waals surface area contributed by atoms with Gasteiger partial charge in [0.2, 0.25) is 5.91 Å². The van der Waals surface area contributed by atoms with E-state index in [1.54, 1.807) is 22.7 Å². The summed E-state index contributed by atoms with van der Waals surface area (Å²) in [6.45, 7) is 1.55. The predicted molar refractivity (Wildman–Crippen MR) is 89.7 cm³/mol. The molecule has 4 nitrogen and oxygen atoms in total. The van der Waals surface area contributed by atoms with Crippen molar-refractivity contribution in [3.8, 4) is 5.75 Å². The fraction of sp³-hybridized carbons (Fsp3) is 0.588. The molecule has 0 aromatic heterocycles. The number of aromatic hydroxyl groups is 1. The number of hydrogen-bond donors (Lipinski definition) is 1. The van der Waals surface area contributed by atoms with Gasteiger partial charge in [-0.1, -0.05) is 12.1 Å². The van der Waals surface area contributed by atoms with Crippen molar-refractivity contribution in [3.05, 3.63) is 23.8 Å². The summed E-state index contributed by atoms with van der Waals surface area (Å²) in [5.74, 6) is 1.63. The third kappa shape index (κ3) is 3.58. The Labute approximate surface area is 135 Å². The van der Waals surface area contributed by atoms with Crippen molar-refractivity contribution in [1.29, 1.82) is 0 Å².